The van der Waals surface area contributed by atoms with Crippen molar-refractivity contribution in [1.29, 1.82) is 0 Å². The van der Waals surface area contributed by atoms with Crippen LogP contribution < -0.4 is 0 Å². The standard InChI is InChI=1S/C44H78O11/c1-3-5-7-9-11-13-15-16-17-18-19-20-21-22-23-25-26-28-30-32-37(45)52-34-36(35-53-44-41(49)39(47)40(48)42(55-44)43(50)51)54-38(46)33-31-29-27-24-14-12-10-8-6-4-2/h11,13,16-17,36,39-42,44,47-49H,3-10,12,14-15,18-35H2,1-2H3,(H,50,51)/b13-11-,17-16-. The molecule has 6 atom stereocenters. The molecule has 0 amide bonds. The molecule has 6 unspecified atom stereocenters. The van der Waals surface area contributed by atoms with Crippen molar-refractivity contribution in [3.63, 3.8) is 0 Å². The fraction of sp³-hybridized carbons (Fsp3) is 0.841. The lowest BCUT2D eigenvalue weighted by atomic mass is 9.99. The second-order valence-corrected chi connectivity index (χ2v) is 15.2. The van der Waals surface area contributed by atoms with Gasteiger partial charge in [-0.05, 0) is 44.9 Å². The van der Waals surface area contributed by atoms with Crippen molar-refractivity contribution in [1.82, 2.24) is 0 Å². The smallest absolute Gasteiger partial charge is 0.335 e. The minimum absolute atomic E-state index is 0.185. The lowest BCUT2D eigenvalue weighted by Gasteiger charge is -2.38. The summed E-state index contributed by atoms with van der Waals surface area (Å²) >= 11 is 0. The van der Waals surface area contributed by atoms with Gasteiger partial charge in [0.05, 0.1) is 6.61 Å². The summed E-state index contributed by atoms with van der Waals surface area (Å²) in [5, 5.41) is 39.7. The van der Waals surface area contributed by atoms with E-state index in [1.807, 2.05) is 0 Å². The zero-order valence-electron chi connectivity index (χ0n) is 34.4. The van der Waals surface area contributed by atoms with Gasteiger partial charge in [-0.15, -0.1) is 0 Å². The number of carbonyl (C=O) groups excluding carboxylic acids is 2. The van der Waals surface area contributed by atoms with Gasteiger partial charge in [0.2, 0.25) is 0 Å². The third-order valence-electron chi connectivity index (χ3n) is 10.1. The molecule has 1 saturated heterocycles. The summed E-state index contributed by atoms with van der Waals surface area (Å²) in [6, 6.07) is 0. The number of aliphatic hydroxyl groups is 3. The van der Waals surface area contributed by atoms with Crippen LogP contribution in [0.1, 0.15) is 187 Å². The first-order chi connectivity index (χ1) is 26.7. The third-order valence-corrected chi connectivity index (χ3v) is 10.1. The number of unbranched alkanes of at least 4 members (excludes halogenated alkanes) is 21. The number of ether oxygens (including phenoxy) is 4. The van der Waals surface area contributed by atoms with E-state index >= 15 is 0 Å². The van der Waals surface area contributed by atoms with E-state index in [0.29, 0.717) is 12.8 Å². The molecule has 1 aliphatic rings. The number of hydrogen-bond acceptors (Lipinski definition) is 10. The van der Waals surface area contributed by atoms with Crippen LogP contribution in [0.4, 0.5) is 0 Å². The molecule has 0 spiro atoms. The summed E-state index contributed by atoms with van der Waals surface area (Å²) in [5.74, 6) is -2.45. The number of allylic oxidation sites excluding steroid dienone is 4. The van der Waals surface area contributed by atoms with Crippen molar-refractivity contribution in [2.75, 3.05) is 13.2 Å². The van der Waals surface area contributed by atoms with Crippen LogP contribution in [0.15, 0.2) is 24.3 Å². The van der Waals surface area contributed by atoms with Crippen LogP contribution in [-0.4, -0.2) is 88.4 Å². The van der Waals surface area contributed by atoms with Gasteiger partial charge in [0, 0.05) is 12.8 Å². The van der Waals surface area contributed by atoms with Crippen LogP contribution >= 0.6 is 0 Å². The Morgan fingerprint density at radius 3 is 1.55 bits per heavy atom. The Morgan fingerprint density at radius 2 is 1.02 bits per heavy atom. The van der Waals surface area contributed by atoms with Gasteiger partial charge < -0.3 is 39.4 Å². The molecular formula is C44H78O11. The van der Waals surface area contributed by atoms with Crippen molar-refractivity contribution in [2.24, 2.45) is 0 Å². The van der Waals surface area contributed by atoms with E-state index in [2.05, 4.69) is 38.2 Å². The SMILES string of the molecule is CCCCC/C=C\C/C=C\CCCCCCCCCCCC(=O)OCC(COC1OC(C(=O)O)C(O)C(O)C1O)OC(=O)CCCCCCCCCCCC. The van der Waals surface area contributed by atoms with Gasteiger partial charge >= 0.3 is 17.9 Å². The summed E-state index contributed by atoms with van der Waals surface area (Å²) in [5.41, 5.74) is 0. The lowest BCUT2D eigenvalue weighted by molar-refractivity contribution is -0.298. The van der Waals surface area contributed by atoms with Crippen LogP contribution in [0.2, 0.25) is 0 Å². The average Bonchev–Trinajstić information content (AvgIpc) is 3.17. The molecule has 0 aliphatic carbocycles. The molecule has 0 bridgehead atoms. The molecule has 11 heteroatoms. The highest BCUT2D eigenvalue weighted by molar-refractivity contribution is 5.73. The van der Waals surface area contributed by atoms with E-state index in [-0.39, 0.29) is 26.1 Å². The van der Waals surface area contributed by atoms with E-state index in [4.69, 9.17) is 18.9 Å². The molecule has 4 N–H and O–H groups in total. The molecule has 320 valence electrons. The van der Waals surface area contributed by atoms with Crippen LogP contribution in [0.25, 0.3) is 0 Å². The molecule has 1 rings (SSSR count). The fourth-order valence-corrected chi connectivity index (χ4v) is 6.56. The van der Waals surface area contributed by atoms with Crippen molar-refractivity contribution >= 4 is 17.9 Å². The summed E-state index contributed by atoms with van der Waals surface area (Å²) in [7, 11) is 0. The first-order valence-corrected chi connectivity index (χ1v) is 21.9. The first-order valence-electron chi connectivity index (χ1n) is 21.9. The Hall–Kier alpha value is -2.31. The molecule has 1 fully saturated rings. The summed E-state index contributed by atoms with van der Waals surface area (Å²) in [6.07, 6.45) is 28.1. The number of aliphatic hydroxyl groups excluding tert-OH is 3. The zero-order chi connectivity index (χ0) is 40.4. The fourth-order valence-electron chi connectivity index (χ4n) is 6.56. The Kier molecular flexibility index (Phi) is 32.2. The molecular weight excluding hydrogens is 704 g/mol. The number of rotatable bonds is 36. The van der Waals surface area contributed by atoms with E-state index in [0.717, 1.165) is 51.4 Å². The van der Waals surface area contributed by atoms with Crippen molar-refractivity contribution in [3.05, 3.63) is 24.3 Å². The quantitative estimate of drug-likeness (QED) is 0.0272. The molecule has 0 aromatic carbocycles. The van der Waals surface area contributed by atoms with E-state index in [1.165, 1.54) is 96.3 Å². The highest BCUT2D eigenvalue weighted by Crippen LogP contribution is 2.23. The molecule has 0 aromatic heterocycles. The molecule has 0 radical (unpaired) electrons. The van der Waals surface area contributed by atoms with Crippen LogP contribution in [-0.2, 0) is 33.3 Å². The number of esters is 2. The monoisotopic (exact) mass is 783 g/mol. The van der Waals surface area contributed by atoms with Crippen molar-refractivity contribution in [2.45, 2.75) is 224 Å². The predicted octanol–water partition coefficient (Wildman–Crippen LogP) is 9.04. The Balaban J connectivity index is 2.33. The molecule has 0 saturated carbocycles. The Morgan fingerprint density at radius 1 is 0.564 bits per heavy atom. The van der Waals surface area contributed by atoms with Crippen molar-refractivity contribution < 1.29 is 53.8 Å². The number of carbonyl (C=O) groups is 3. The molecule has 1 heterocycles. The Labute approximate surface area is 332 Å². The van der Waals surface area contributed by atoms with Crippen LogP contribution in [0.3, 0.4) is 0 Å². The van der Waals surface area contributed by atoms with Gasteiger partial charge in [0.25, 0.3) is 0 Å². The van der Waals surface area contributed by atoms with Crippen molar-refractivity contribution in [3.8, 4) is 0 Å². The number of carboxylic acid groups (broad SMARTS) is 1. The maximum Gasteiger partial charge on any atom is 0.335 e. The summed E-state index contributed by atoms with van der Waals surface area (Å²) in [4.78, 5) is 36.7. The van der Waals surface area contributed by atoms with Crippen LogP contribution in [0.5, 0.6) is 0 Å². The molecule has 0 aromatic rings. The van der Waals surface area contributed by atoms with Gasteiger partial charge in [0.15, 0.2) is 18.5 Å². The van der Waals surface area contributed by atoms with Gasteiger partial charge in [-0.25, -0.2) is 4.79 Å². The second kappa shape index (κ2) is 34.9. The second-order valence-electron chi connectivity index (χ2n) is 15.2. The van der Waals surface area contributed by atoms with E-state index < -0.39 is 54.7 Å². The Bertz CT molecular complexity index is 1020. The van der Waals surface area contributed by atoms with Gasteiger partial charge in [-0.1, -0.05) is 154 Å². The molecule has 1 aliphatic heterocycles. The topological polar surface area (TPSA) is 169 Å². The highest BCUT2D eigenvalue weighted by atomic mass is 16.7. The van der Waals surface area contributed by atoms with Gasteiger partial charge in [0.1, 0.15) is 24.9 Å². The first kappa shape index (κ1) is 50.7. The van der Waals surface area contributed by atoms with E-state index in [1.54, 1.807) is 0 Å². The lowest BCUT2D eigenvalue weighted by Crippen LogP contribution is -2.60. The largest absolute Gasteiger partial charge is 0.479 e. The number of aliphatic carboxylic acids is 1. The molecule has 55 heavy (non-hydrogen) atoms. The summed E-state index contributed by atoms with van der Waals surface area (Å²) < 4.78 is 21.7. The third kappa shape index (κ3) is 27.0. The number of carboxylic acids is 1. The molecule has 11 nitrogen and oxygen atoms in total. The number of hydrogen-bond donors (Lipinski definition) is 4. The van der Waals surface area contributed by atoms with E-state index in [9.17, 15) is 34.8 Å². The van der Waals surface area contributed by atoms with Gasteiger partial charge in [-0.2, -0.15) is 0 Å². The zero-order valence-corrected chi connectivity index (χ0v) is 34.4. The predicted molar refractivity (Wildman–Crippen MR) is 215 cm³/mol. The van der Waals surface area contributed by atoms with Gasteiger partial charge in [-0.3, -0.25) is 9.59 Å². The maximum absolute atomic E-state index is 12.7. The normalized spacial score (nSPS) is 20.6. The minimum Gasteiger partial charge on any atom is -0.479 e. The minimum atomic E-state index is -1.86. The highest BCUT2D eigenvalue weighted by Gasteiger charge is 2.47. The maximum atomic E-state index is 12.7. The average molecular weight is 783 g/mol. The summed E-state index contributed by atoms with van der Waals surface area (Å²) in [6.45, 7) is 3.76. The van der Waals surface area contributed by atoms with Crippen LogP contribution in [0, 0.1) is 0 Å².